The van der Waals surface area contributed by atoms with Gasteiger partial charge >= 0.3 is 35.8 Å². The Labute approximate surface area is 318 Å². The Bertz CT molecular complexity index is 1610. The van der Waals surface area contributed by atoms with E-state index in [4.69, 9.17) is 15.3 Å². The van der Waals surface area contributed by atoms with Crippen molar-refractivity contribution in [2.75, 3.05) is 0 Å². The van der Waals surface area contributed by atoms with Gasteiger partial charge in [0.15, 0.2) is 0 Å². The van der Waals surface area contributed by atoms with Crippen LogP contribution in [0.2, 0.25) is 0 Å². The van der Waals surface area contributed by atoms with Crippen LogP contribution in [0.3, 0.4) is 0 Å². The third kappa shape index (κ3) is 13.6. The molecule has 2 rings (SSSR count). The van der Waals surface area contributed by atoms with E-state index >= 15 is 0 Å². The van der Waals surface area contributed by atoms with Crippen LogP contribution in [0.15, 0.2) is 18.2 Å². The van der Waals surface area contributed by atoms with Crippen molar-refractivity contribution in [3.8, 4) is 0 Å². The van der Waals surface area contributed by atoms with Gasteiger partial charge in [-0.15, -0.1) is 0 Å². The van der Waals surface area contributed by atoms with E-state index in [2.05, 4.69) is 34.6 Å². The normalized spacial score (nSPS) is 12.6. The third-order valence-electron chi connectivity index (χ3n) is 10.3. The van der Waals surface area contributed by atoms with E-state index in [0.717, 1.165) is 95.2 Å². The zero-order valence-corrected chi connectivity index (χ0v) is 32.7. The second-order valence-electron chi connectivity index (χ2n) is 14.0. The van der Waals surface area contributed by atoms with Gasteiger partial charge in [0.25, 0.3) is 0 Å². The van der Waals surface area contributed by atoms with Crippen LogP contribution in [0.4, 0.5) is 0 Å². The summed E-state index contributed by atoms with van der Waals surface area (Å²) in [7, 11) is 0. The molecule has 0 spiro atoms. The summed E-state index contributed by atoms with van der Waals surface area (Å²) in [5.41, 5.74) is -0.441. The molecule has 0 saturated heterocycles. The highest BCUT2D eigenvalue weighted by Gasteiger charge is 2.35. The number of carboxylic acid groups (broad SMARTS) is 6. The van der Waals surface area contributed by atoms with Gasteiger partial charge in [-0.25, -0.2) is 28.8 Å². The Balaban J connectivity index is 0.000000806. The Morgan fingerprint density at radius 2 is 0.796 bits per heavy atom. The Morgan fingerprint density at radius 3 is 1.11 bits per heavy atom. The van der Waals surface area contributed by atoms with Crippen LogP contribution in [-0.4, -0.2) is 66.5 Å². The van der Waals surface area contributed by atoms with E-state index < -0.39 is 46.9 Å². The molecule has 0 aliphatic heterocycles. The molecule has 300 valence electrons. The summed E-state index contributed by atoms with van der Waals surface area (Å²) < 4.78 is 0. The van der Waals surface area contributed by atoms with Crippen LogP contribution >= 0.6 is 0 Å². The minimum Gasteiger partial charge on any atom is -0.478 e. The maximum absolute atomic E-state index is 13.0. The van der Waals surface area contributed by atoms with E-state index in [1.54, 1.807) is 0 Å². The Hall–Kier alpha value is -4.74. The largest absolute Gasteiger partial charge is 0.478 e. The number of hydrogen-bond acceptors (Lipinski definition) is 6. The lowest BCUT2D eigenvalue weighted by atomic mass is 9.75. The first-order chi connectivity index (χ1) is 25.5. The minimum absolute atomic E-state index is 0.0580. The van der Waals surface area contributed by atoms with Crippen molar-refractivity contribution in [2.24, 2.45) is 17.8 Å². The maximum Gasteiger partial charge on any atom is 0.336 e. The lowest BCUT2D eigenvalue weighted by Gasteiger charge is -2.28. The molecular formula is C42H60O12. The van der Waals surface area contributed by atoms with Gasteiger partial charge in [-0.05, 0) is 71.9 Å². The fourth-order valence-corrected chi connectivity index (χ4v) is 7.03. The molecule has 0 radical (unpaired) electrons. The molecule has 3 atom stereocenters. The average molecular weight is 757 g/mol. The van der Waals surface area contributed by atoms with Crippen molar-refractivity contribution in [1.82, 2.24) is 0 Å². The lowest BCUT2D eigenvalue weighted by Crippen LogP contribution is -2.25. The number of carbonyl (C=O) groups is 6. The van der Waals surface area contributed by atoms with Crippen LogP contribution in [-0.2, 0) is 19.3 Å². The van der Waals surface area contributed by atoms with Crippen molar-refractivity contribution in [3.05, 3.63) is 68.3 Å². The van der Waals surface area contributed by atoms with Gasteiger partial charge in [0.1, 0.15) is 0 Å². The number of hydrogen-bond donors (Lipinski definition) is 6. The minimum atomic E-state index is -1.48. The highest BCUT2D eigenvalue weighted by atomic mass is 16.4. The molecule has 0 aromatic heterocycles. The topological polar surface area (TPSA) is 224 Å². The first-order valence-electron chi connectivity index (χ1n) is 19.3. The summed E-state index contributed by atoms with van der Waals surface area (Å²) in [6, 6.07) is 2.81. The van der Waals surface area contributed by atoms with Crippen LogP contribution in [0.25, 0.3) is 0 Å². The summed E-state index contributed by atoms with van der Waals surface area (Å²) >= 11 is 0. The SMILES string of the molecule is CCCCC(CC)Cc1c(CC(CC)CCCC)c(C(=O)O)c(C(=O)O)c(CC(CC)CCCC)c1C(=O)O.O=C(O)c1ccc(C(=O)O)c(C(=O)O)c1. The van der Waals surface area contributed by atoms with E-state index in [0.29, 0.717) is 24.0 Å². The molecule has 12 heteroatoms. The zero-order chi connectivity index (χ0) is 41.1. The highest BCUT2D eigenvalue weighted by Crippen LogP contribution is 2.37. The highest BCUT2D eigenvalue weighted by molar-refractivity contribution is 6.08. The average Bonchev–Trinajstić information content (AvgIpc) is 3.12. The molecule has 0 heterocycles. The molecule has 54 heavy (non-hydrogen) atoms. The standard InChI is InChI=1S/C33H54O6.C9H6O6/c1-7-13-16-22(10-4)19-25-26(20-23(11-5)17-14-8-2)29(32(36)37)30(33(38)39)27(28(25)31(34)35)21-24(12-6)18-15-9-3;10-7(11)4-1-2-5(8(12)13)6(3-4)9(14)15/h22-24H,7-21H2,1-6H3,(H,34,35)(H,36,37)(H,38,39);1-3H,(H,10,11)(H,12,13)(H,14,15). The molecular weight excluding hydrogens is 696 g/mol. The first kappa shape index (κ1) is 47.3. The molecule has 12 nitrogen and oxygen atoms in total. The Morgan fingerprint density at radius 1 is 0.444 bits per heavy atom. The zero-order valence-electron chi connectivity index (χ0n) is 32.7. The summed E-state index contributed by atoms with van der Waals surface area (Å²) in [6.45, 7) is 12.5. The number of unbranched alkanes of at least 4 members (excludes halogenated alkanes) is 3. The maximum atomic E-state index is 13.0. The Kier molecular flexibility index (Phi) is 20.9. The van der Waals surface area contributed by atoms with Gasteiger partial charge in [0.05, 0.1) is 33.4 Å². The predicted molar refractivity (Wildman–Crippen MR) is 206 cm³/mol. The van der Waals surface area contributed by atoms with E-state index in [-0.39, 0.29) is 52.0 Å². The molecule has 0 bridgehead atoms. The number of carboxylic acids is 6. The lowest BCUT2D eigenvalue weighted by molar-refractivity contribution is 0.0645. The summed E-state index contributed by atoms with van der Waals surface area (Å²) in [5.74, 6) is -7.48. The smallest absolute Gasteiger partial charge is 0.336 e. The molecule has 6 N–H and O–H groups in total. The van der Waals surface area contributed by atoms with Crippen LogP contribution in [0, 0.1) is 17.8 Å². The van der Waals surface area contributed by atoms with Gasteiger partial charge in [-0.2, -0.15) is 0 Å². The molecule has 3 unspecified atom stereocenters. The van der Waals surface area contributed by atoms with Gasteiger partial charge < -0.3 is 30.6 Å². The van der Waals surface area contributed by atoms with E-state index in [1.807, 2.05) is 6.92 Å². The van der Waals surface area contributed by atoms with Crippen molar-refractivity contribution >= 4 is 35.8 Å². The second kappa shape index (κ2) is 23.8. The van der Waals surface area contributed by atoms with Crippen molar-refractivity contribution < 1.29 is 59.4 Å². The number of benzene rings is 2. The van der Waals surface area contributed by atoms with Gasteiger partial charge in [-0.3, -0.25) is 0 Å². The van der Waals surface area contributed by atoms with E-state index in [9.17, 15) is 44.1 Å². The van der Waals surface area contributed by atoms with Crippen LogP contribution in [0.5, 0.6) is 0 Å². The number of rotatable bonds is 24. The molecule has 0 fully saturated rings. The van der Waals surface area contributed by atoms with Gasteiger partial charge in [-0.1, -0.05) is 119 Å². The molecule has 2 aromatic carbocycles. The number of aromatic carboxylic acids is 6. The molecule has 0 amide bonds. The van der Waals surface area contributed by atoms with Crippen LogP contribution in [0.1, 0.15) is 197 Å². The van der Waals surface area contributed by atoms with Gasteiger partial charge in [0, 0.05) is 0 Å². The molecule has 0 saturated carbocycles. The third-order valence-corrected chi connectivity index (χ3v) is 10.3. The predicted octanol–water partition coefficient (Wildman–Crippen LogP) is 9.84. The quantitative estimate of drug-likeness (QED) is 0.0589. The van der Waals surface area contributed by atoms with Crippen LogP contribution < -0.4 is 0 Å². The summed E-state index contributed by atoms with van der Waals surface area (Å²) in [6.07, 6.45) is 12.3. The van der Waals surface area contributed by atoms with Crippen molar-refractivity contribution in [2.45, 2.75) is 138 Å². The molecule has 0 aliphatic rings. The van der Waals surface area contributed by atoms with E-state index in [1.165, 1.54) is 0 Å². The second-order valence-corrected chi connectivity index (χ2v) is 14.0. The van der Waals surface area contributed by atoms with Gasteiger partial charge in [0.2, 0.25) is 0 Å². The molecule has 2 aromatic rings. The monoisotopic (exact) mass is 756 g/mol. The van der Waals surface area contributed by atoms with Crippen molar-refractivity contribution in [1.29, 1.82) is 0 Å². The summed E-state index contributed by atoms with van der Waals surface area (Å²) in [5, 5.41) is 57.4. The fraction of sp³-hybridized carbons (Fsp3) is 0.571. The fourth-order valence-electron chi connectivity index (χ4n) is 7.03. The van der Waals surface area contributed by atoms with Crippen molar-refractivity contribution in [3.63, 3.8) is 0 Å². The molecule has 0 aliphatic carbocycles. The first-order valence-corrected chi connectivity index (χ1v) is 19.3. The summed E-state index contributed by atoms with van der Waals surface area (Å²) in [4.78, 5) is 70.4.